The van der Waals surface area contributed by atoms with Crippen molar-refractivity contribution in [3.63, 3.8) is 0 Å². The summed E-state index contributed by atoms with van der Waals surface area (Å²) in [6.07, 6.45) is 1.74. The number of hydrogen-bond acceptors (Lipinski definition) is 4. The van der Waals surface area contributed by atoms with E-state index in [1.807, 2.05) is 12.1 Å². The zero-order chi connectivity index (χ0) is 13.7. The lowest BCUT2D eigenvalue weighted by Crippen LogP contribution is -2.01. The van der Waals surface area contributed by atoms with Gasteiger partial charge in [-0.3, -0.25) is 0 Å². The molecule has 5 heteroatoms. The number of nitrogens with zero attached hydrogens (tertiary/aromatic N) is 2. The number of halogens is 1. The van der Waals surface area contributed by atoms with E-state index >= 15 is 0 Å². The molecule has 1 aromatic carbocycles. The molecule has 0 aliphatic rings. The van der Waals surface area contributed by atoms with Crippen LogP contribution in [0.3, 0.4) is 0 Å². The van der Waals surface area contributed by atoms with Crippen molar-refractivity contribution < 1.29 is 4.74 Å². The predicted molar refractivity (Wildman–Crippen MR) is 74.3 cm³/mol. The minimum atomic E-state index is 0.528. The van der Waals surface area contributed by atoms with Gasteiger partial charge in [-0.25, -0.2) is 4.98 Å². The number of aromatic nitrogens is 1. The van der Waals surface area contributed by atoms with Crippen LogP contribution in [-0.2, 0) is 6.54 Å². The fourth-order valence-electron chi connectivity index (χ4n) is 1.56. The molecule has 0 bridgehead atoms. The molecule has 0 unspecified atom stereocenters. The molecule has 0 fully saturated rings. The predicted octanol–water partition coefficient (Wildman–Crippen LogP) is 3.23. The van der Waals surface area contributed by atoms with Crippen molar-refractivity contribution in [1.29, 1.82) is 5.26 Å². The first-order chi connectivity index (χ1) is 9.22. The third-order valence-electron chi connectivity index (χ3n) is 2.59. The molecule has 2 rings (SSSR count). The van der Waals surface area contributed by atoms with E-state index in [0.29, 0.717) is 23.0 Å². The Kier molecular flexibility index (Phi) is 4.22. The molecule has 19 heavy (non-hydrogen) atoms. The first kappa shape index (κ1) is 13.2. The van der Waals surface area contributed by atoms with Gasteiger partial charge >= 0.3 is 0 Å². The van der Waals surface area contributed by atoms with Crippen LogP contribution in [0.5, 0.6) is 5.88 Å². The van der Waals surface area contributed by atoms with E-state index in [1.54, 1.807) is 37.6 Å². The van der Waals surface area contributed by atoms with Crippen molar-refractivity contribution in [2.75, 3.05) is 12.4 Å². The lowest BCUT2D eigenvalue weighted by Gasteiger charge is -2.08. The number of hydrogen-bond donors (Lipinski definition) is 1. The van der Waals surface area contributed by atoms with Gasteiger partial charge in [0.05, 0.1) is 29.5 Å². The molecule has 4 nitrogen and oxygen atoms in total. The molecule has 0 atom stereocenters. The Hall–Kier alpha value is -2.25. The highest BCUT2D eigenvalue weighted by Crippen LogP contribution is 2.23. The van der Waals surface area contributed by atoms with Crippen molar-refractivity contribution in [2.45, 2.75) is 6.54 Å². The average molecular weight is 274 g/mol. The minimum absolute atomic E-state index is 0.528. The molecule has 1 aromatic heterocycles. The first-order valence-electron chi connectivity index (χ1n) is 5.65. The van der Waals surface area contributed by atoms with Gasteiger partial charge in [-0.1, -0.05) is 17.7 Å². The third kappa shape index (κ3) is 3.36. The first-order valence-corrected chi connectivity index (χ1v) is 6.03. The lowest BCUT2D eigenvalue weighted by atomic mass is 10.2. The number of ether oxygens (including phenoxy) is 1. The third-order valence-corrected chi connectivity index (χ3v) is 2.90. The Morgan fingerprint density at radius 1 is 1.37 bits per heavy atom. The second-order valence-corrected chi connectivity index (χ2v) is 4.28. The van der Waals surface area contributed by atoms with Crippen molar-refractivity contribution in [1.82, 2.24) is 4.98 Å². The van der Waals surface area contributed by atoms with Gasteiger partial charge < -0.3 is 10.1 Å². The summed E-state index contributed by atoms with van der Waals surface area (Å²) in [6.45, 7) is 0.600. The maximum atomic E-state index is 8.76. The maximum Gasteiger partial charge on any atom is 0.212 e. The fourth-order valence-corrected chi connectivity index (χ4v) is 1.81. The lowest BCUT2D eigenvalue weighted by molar-refractivity contribution is 0.397. The highest BCUT2D eigenvalue weighted by molar-refractivity contribution is 6.33. The molecule has 0 amide bonds. The summed E-state index contributed by atoms with van der Waals surface area (Å²) in [4.78, 5) is 4.12. The normalized spacial score (nSPS) is 9.74. The summed E-state index contributed by atoms with van der Waals surface area (Å²) in [5.41, 5.74) is 2.35. The Labute approximate surface area is 116 Å². The molecule has 1 N–H and O–H groups in total. The number of benzene rings is 1. The molecule has 0 aliphatic carbocycles. The van der Waals surface area contributed by atoms with Crippen LogP contribution in [-0.4, -0.2) is 12.1 Å². The SMILES string of the molecule is COc1ccc(CNc2ccc(C#N)cc2Cl)cn1. The smallest absolute Gasteiger partial charge is 0.212 e. The summed E-state index contributed by atoms with van der Waals surface area (Å²) in [5.74, 6) is 0.583. The van der Waals surface area contributed by atoms with Gasteiger partial charge in [0.15, 0.2) is 0 Å². The van der Waals surface area contributed by atoms with E-state index in [2.05, 4.69) is 10.3 Å². The van der Waals surface area contributed by atoms with E-state index in [0.717, 1.165) is 11.3 Å². The highest BCUT2D eigenvalue weighted by Gasteiger charge is 2.02. The number of nitriles is 1. The Morgan fingerprint density at radius 2 is 2.21 bits per heavy atom. The molecule has 0 saturated heterocycles. The van der Waals surface area contributed by atoms with E-state index in [4.69, 9.17) is 21.6 Å². The summed E-state index contributed by atoms with van der Waals surface area (Å²) < 4.78 is 4.99. The molecule has 0 spiro atoms. The Bertz CT molecular complexity index is 605. The molecule has 0 aliphatic heterocycles. The number of rotatable bonds is 4. The molecule has 0 radical (unpaired) electrons. The quantitative estimate of drug-likeness (QED) is 0.929. The number of pyridine rings is 1. The summed E-state index contributed by atoms with van der Waals surface area (Å²) in [5, 5.41) is 12.5. The summed E-state index contributed by atoms with van der Waals surface area (Å²) in [7, 11) is 1.58. The van der Waals surface area contributed by atoms with Gasteiger partial charge in [0.2, 0.25) is 5.88 Å². The van der Waals surface area contributed by atoms with Gasteiger partial charge in [-0.15, -0.1) is 0 Å². The molecule has 96 valence electrons. The van der Waals surface area contributed by atoms with Crippen LogP contribution >= 0.6 is 11.6 Å². The average Bonchev–Trinajstić information content (AvgIpc) is 2.46. The summed E-state index contributed by atoms with van der Waals surface area (Å²) in [6, 6.07) is 10.9. The van der Waals surface area contributed by atoms with Crippen LogP contribution in [0.25, 0.3) is 0 Å². The van der Waals surface area contributed by atoms with Gasteiger partial charge in [0.25, 0.3) is 0 Å². The van der Waals surface area contributed by atoms with Crippen LogP contribution in [0, 0.1) is 11.3 Å². The van der Waals surface area contributed by atoms with Crippen molar-refractivity contribution in [3.8, 4) is 11.9 Å². The zero-order valence-corrected chi connectivity index (χ0v) is 11.1. The van der Waals surface area contributed by atoms with Crippen molar-refractivity contribution in [2.24, 2.45) is 0 Å². The van der Waals surface area contributed by atoms with Crippen molar-refractivity contribution in [3.05, 3.63) is 52.7 Å². The molecule has 0 saturated carbocycles. The van der Waals surface area contributed by atoms with E-state index in [1.165, 1.54) is 0 Å². The maximum absolute atomic E-state index is 8.76. The van der Waals surface area contributed by atoms with Gasteiger partial charge in [0, 0.05) is 18.8 Å². The monoisotopic (exact) mass is 273 g/mol. The van der Waals surface area contributed by atoms with Gasteiger partial charge in [0.1, 0.15) is 0 Å². The highest BCUT2D eigenvalue weighted by atomic mass is 35.5. The van der Waals surface area contributed by atoms with Crippen LogP contribution in [0.15, 0.2) is 36.5 Å². The van der Waals surface area contributed by atoms with Crippen molar-refractivity contribution >= 4 is 17.3 Å². The second-order valence-electron chi connectivity index (χ2n) is 3.87. The second kappa shape index (κ2) is 6.07. The van der Waals surface area contributed by atoms with Gasteiger partial charge in [-0.05, 0) is 23.8 Å². The Balaban J connectivity index is 2.04. The number of nitrogens with one attached hydrogen (secondary N) is 1. The van der Waals surface area contributed by atoms with Crippen LogP contribution in [0.4, 0.5) is 5.69 Å². The van der Waals surface area contributed by atoms with Gasteiger partial charge in [-0.2, -0.15) is 5.26 Å². The van der Waals surface area contributed by atoms with E-state index in [-0.39, 0.29) is 0 Å². The van der Waals surface area contributed by atoms with E-state index in [9.17, 15) is 0 Å². The number of methoxy groups -OCH3 is 1. The standard InChI is InChI=1S/C14H12ClN3O/c1-19-14-5-3-11(9-18-14)8-17-13-4-2-10(7-16)6-12(13)15/h2-6,9,17H,8H2,1H3. The zero-order valence-electron chi connectivity index (χ0n) is 10.4. The molecular weight excluding hydrogens is 262 g/mol. The van der Waals surface area contributed by atoms with Crippen LogP contribution < -0.4 is 10.1 Å². The van der Waals surface area contributed by atoms with E-state index < -0.39 is 0 Å². The topological polar surface area (TPSA) is 57.9 Å². The molecule has 2 aromatic rings. The molecule has 1 heterocycles. The largest absolute Gasteiger partial charge is 0.481 e. The number of anilines is 1. The fraction of sp³-hybridized carbons (Fsp3) is 0.143. The Morgan fingerprint density at radius 3 is 2.79 bits per heavy atom. The minimum Gasteiger partial charge on any atom is -0.481 e. The van der Waals surface area contributed by atoms with Crippen LogP contribution in [0.1, 0.15) is 11.1 Å². The van der Waals surface area contributed by atoms with Crippen LogP contribution in [0.2, 0.25) is 5.02 Å². The summed E-state index contributed by atoms with van der Waals surface area (Å²) >= 11 is 6.07. The molecular formula is C14H12ClN3O.